The molecule has 0 spiro atoms. The number of anilines is 4. The van der Waals surface area contributed by atoms with Crippen LogP contribution in [0.4, 0.5) is 23.3 Å². The Labute approximate surface area is 205 Å². The molecule has 0 bridgehead atoms. The molecule has 7 rings (SSSR count). The number of ether oxygens (including phenoxy) is 2. The molecule has 36 heavy (non-hydrogen) atoms. The molecule has 6 aromatic rings. The molecule has 2 N–H and O–H groups in total. The first-order chi connectivity index (χ1) is 17.8. The highest BCUT2D eigenvalue weighted by atomic mass is 16.7. The molecule has 0 amide bonds. The Morgan fingerprint density at radius 2 is 1.61 bits per heavy atom. The molecule has 1 aliphatic rings. The van der Waals surface area contributed by atoms with Crippen molar-refractivity contribution in [2.45, 2.75) is 0 Å². The zero-order valence-electron chi connectivity index (χ0n) is 18.9. The van der Waals surface area contributed by atoms with E-state index in [0.717, 1.165) is 22.1 Å². The number of nitrogens with zero attached hydrogens (tertiary/aromatic N) is 5. The zero-order chi connectivity index (χ0) is 23.9. The summed E-state index contributed by atoms with van der Waals surface area (Å²) in [5, 5.41) is 8.75. The smallest absolute Gasteiger partial charge is 0.232 e. The number of hydrogen-bond acceptors (Lipinski definition) is 8. The van der Waals surface area contributed by atoms with Crippen LogP contribution in [0.5, 0.6) is 11.5 Å². The van der Waals surface area contributed by atoms with Gasteiger partial charge in [-0.15, -0.1) is 0 Å². The molecular weight excluding hydrogens is 454 g/mol. The molecule has 1 aliphatic heterocycles. The van der Waals surface area contributed by atoms with Crippen LogP contribution in [0.15, 0.2) is 91.4 Å². The van der Waals surface area contributed by atoms with Crippen molar-refractivity contribution in [3.8, 4) is 17.2 Å². The minimum Gasteiger partial charge on any atom is -0.454 e. The van der Waals surface area contributed by atoms with Gasteiger partial charge in [0.05, 0.1) is 0 Å². The van der Waals surface area contributed by atoms with E-state index in [1.54, 1.807) is 12.5 Å². The minimum absolute atomic E-state index is 0.212. The SMILES string of the molecule is c1ccc(-n2cnc3c(Nc4ccc5c(c4)OCO5)nc(Nc4nccc5ccccc45)nc32)cc1. The van der Waals surface area contributed by atoms with Gasteiger partial charge in [-0.05, 0) is 35.7 Å². The van der Waals surface area contributed by atoms with Gasteiger partial charge in [-0.3, -0.25) is 4.57 Å². The van der Waals surface area contributed by atoms with Crippen LogP contribution in [-0.2, 0) is 0 Å². The molecule has 0 fully saturated rings. The lowest BCUT2D eigenvalue weighted by molar-refractivity contribution is 0.174. The van der Waals surface area contributed by atoms with Gasteiger partial charge in [-0.2, -0.15) is 9.97 Å². The molecule has 0 atom stereocenters. The normalized spacial score (nSPS) is 12.2. The highest BCUT2D eigenvalue weighted by Gasteiger charge is 2.18. The summed E-state index contributed by atoms with van der Waals surface area (Å²) in [5.41, 5.74) is 3.03. The number of pyridine rings is 1. The molecular formula is C27H19N7O2. The van der Waals surface area contributed by atoms with Crippen molar-refractivity contribution in [1.29, 1.82) is 0 Å². The third-order valence-corrected chi connectivity index (χ3v) is 5.97. The largest absolute Gasteiger partial charge is 0.454 e. The standard InChI is InChI=1S/C27H19N7O2/c1-2-7-19(8-3-1)34-15-29-23-25(30-18-10-11-21-22(14-18)36-16-35-21)32-27(33-26(23)34)31-24-20-9-5-4-6-17(20)12-13-28-24/h1-15H,16H2,(H2,28,30,31,32,33). The van der Waals surface area contributed by atoms with Crippen LogP contribution in [0, 0.1) is 0 Å². The Balaban J connectivity index is 1.36. The fourth-order valence-electron chi connectivity index (χ4n) is 4.26. The number of para-hydroxylation sites is 1. The van der Waals surface area contributed by atoms with Gasteiger partial charge in [0.15, 0.2) is 28.5 Å². The number of imidazole rings is 1. The van der Waals surface area contributed by atoms with E-state index in [0.29, 0.717) is 40.2 Å². The number of rotatable bonds is 5. The summed E-state index contributed by atoms with van der Waals surface area (Å²) in [7, 11) is 0. The fraction of sp³-hybridized carbons (Fsp3) is 0.0370. The average molecular weight is 473 g/mol. The maximum absolute atomic E-state index is 5.53. The van der Waals surface area contributed by atoms with Crippen molar-refractivity contribution in [1.82, 2.24) is 24.5 Å². The van der Waals surface area contributed by atoms with Gasteiger partial charge in [0, 0.05) is 29.0 Å². The maximum atomic E-state index is 5.53. The third-order valence-electron chi connectivity index (χ3n) is 5.97. The van der Waals surface area contributed by atoms with E-state index in [1.807, 2.05) is 83.4 Å². The Bertz CT molecular complexity index is 1730. The molecule has 0 saturated carbocycles. The van der Waals surface area contributed by atoms with E-state index in [4.69, 9.17) is 19.4 Å². The number of benzene rings is 3. The number of aromatic nitrogens is 5. The molecule has 0 unspecified atom stereocenters. The van der Waals surface area contributed by atoms with Crippen molar-refractivity contribution in [2.75, 3.05) is 17.4 Å². The lowest BCUT2D eigenvalue weighted by Crippen LogP contribution is -2.05. The van der Waals surface area contributed by atoms with E-state index in [1.165, 1.54) is 0 Å². The summed E-state index contributed by atoms with van der Waals surface area (Å²) in [4.78, 5) is 18.8. The van der Waals surface area contributed by atoms with E-state index in [2.05, 4.69) is 20.6 Å². The van der Waals surface area contributed by atoms with Crippen LogP contribution in [-0.4, -0.2) is 31.3 Å². The molecule has 9 heteroatoms. The van der Waals surface area contributed by atoms with Crippen LogP contribution in [0.1, 0.15) is 0 Å². The van der Waals surface area contributed by atoms with Crippen LogP contribution in [0.2, 0.25) is 0 Å². The van der Waals surface area contributed by atoms with Crippen LogP contribution >= 0.6 is 0 Å². The molecule has 0 radical (unpaired) electrons. The van der Waals surface area contributed by atoms with Crippen LogP contribution in [0.25, 0.3) is 27.6 Å². The van der Waals surface area contributed by atoms with Gasteiger partial charge in [-0.1, -0.05) is 42.5 Å². The quantitative estimate of drug-likeness (QED) is 0.335. The van der Waals surface area contributed by atoms with E-state index in [9.17, 15) is 0 Å². The second kappa shape index (κ2) is 8.24. The van der Waals surface area contributed by atoms with Gasteiger partial charge in [-0.25, -0.2) is 9.97 Å². The fourth-order valence-corrected chi connectivity index (χ4v) is 4.26. The molecule has 9 nitrogen and oxygen atoms in total. The van der Waals surface area contributed by atoms with Crippen molar-refractivity contribution in [3.63, 3.8) is 0 Å². The highest BCUT2D eigenvalue weighted by Crippen LogP contribution is 2.36. The molecule has 3 aromatic heterocycles. The van der Waals surface area contributed by atoms with Gasteiger partial charge >= 0.3 is 0 Å². The lowest BCUT2D eigenvalue weighted by Gasteiger charge is -2.12. The molecule has 0 aliphatic carbocycles. The summed E-state index contributed by atoms with van der Waals surface area (Å²) in [6.45, 7) is 0.212. The topological polar surface area (TPSA) is 99.0 Å². The van der Waals surface area contributed by atoms with Crippen molar-refractivity contribution >= 4 is 45.2 Å². The molecule has 3 aromatic carbocycles. The molecule has 4 heterocycles. The van der Waals surface area contributed by atoms with Gasteiger partial charge in [0.25, 0.3) is 0 Å². The van der Waals surface area contributed by atoms with Gasteiger partial charge in [0.2, 0.25) is 12.7 Å². The monoisotopic (exact) mass is 473 g/mol. The number of hydrogen-bond donors (Lipinski definition) is 2. The molecule has 174 valence electrons. The summed E-state index contributed by atoms with van der Waals surface area (Å²) in [6.07, 6.45) is 3.52. The first-order valence-corrected chi connectivity index (χ1v) is 11.4. The first kappa shape index (κ1) is 20.2. The summed E-state index contributed by atoms with van der Waals surface area (Å²) in [5.74, 6) is 3.01. The van der Waals surface area contributed by atoms with Gasteiger partial charge < -0.3 is 20.1 Å². The summed E-state index contributed by atoms with van der Waals surface area (Å²) in [6, 6.07) is 25.6. The second-order valence-corrected chi connectivity index (χ2v) is 8.22. The third kappa shape index (κ3) is 3.50. The maximum Gasteiger partial charge on any atom is 0.232 e. The Kier molecular flexibility index (Phi) is 4.63. The lowest BCUT2D eigenvalue weighted by atomic mass is 10.1. The van der Waals surface area contributed by atoms with Crippen molar-refractivity contribution < 1.29 is 9.47 Å². The average Bonchev–Trinajstić information content (AvgIpc) is 3.56. The van der Waals surface area contributed by atoms with Gasteiger partial charge in [0.1, 0.15) is 12.1 Å². The zero-order valence-corrected chi connectivity index (χ0v) is 18.9. The van der Waals surface area contributed by atoms with E-state index < -0.39 is 0 Å². The summed E-state index contributed by atoms with van der Waals surface area (Å²) >= 11 is 0. The minimum atomic E-state index is 0.212. The first-order valence-electron chi connectivity index (χ1n) is 11.4. The predicted molar refractivity (Wildman–Crippen MR) is 138 cm³/mol. The molecule has 0 saturated heterocycles. The highest BCUT2D eigenvalue weighted by molar-refractivity contribution is 5.93. The second-order valence-electron chi connectivity index (χ2n) is 8.22. The summed E-state index contributed by atoms with van der Waals surface area (Å²) < 4.78 is 12.9. The predicted octanol–water partition coefficient (Wildman–Crippen LogP) is 5.58. The van der Waals surface area contributed by atoms with E-state index in [-0.39, 0.29) is 6.79 Å². The van der Waals surface area contributed by atoms with E-state index >= 15 is 0 Å². The Hall–Kier alpha value is -5.18. The number of nitrogens with one attached hydrogen (secondary N) is 2. The van der Waals surface area contributed by atoms with Crippen LogP contribution in [0.3, 0.4) is 0 Å². The number of fused-ring (bicyclic) bond motifs is 3. The van der Waals surface area contributed by atoms with Crippen molar-refractivity contribution in [2.24, 2.45) is 0 Å². The Morgan fingerprint density at radius 1 is 0.750 bits per heavy atom. The Morgan fingerprint density at radius 3 is 2.56 bits per heavy atom. The van der Waals surface area contributed by atoms with Crippen molar-refractivity contribution in [3.05, 3.63) is 91.4 Å². The van der Waals surface area contributed by atoms with Crippen LogP contribution < -0.4 is 20.1 Å².